The molecule has 0 aliphatic heterocycles. The summed E-state index contributed by atoms with van der Waals surface area (Å²) >= 11 is 3.08. The highest BCUT2D eigenvalue weighted by Gasteiger charge is 2.18. The molecule has 0 aromatic carbocycles. The van der Waals surface area contributed by atoms with Crippen molar-refractivity contribution in [3.63, 3.8) is 0 Å². The molecule has 1 rings (SSSR count). The van der Waals surface area contributed by atoms with Crippen LogP contribution in [-0.2, 0) is 5.60 Å². The van der Waals surface area contributed by atoms with Crippen LogP contribution in [0.1, 0.15) is 19.4 Å². The first-order valence-electron chi connectivity index (χ1n) is 3.53. The lowest BCUT2D eigenvalue weighted by molar-refractivity contribution is -0.617. The summed E-state index contributed by atoms with van der Waals surface area (Å²) in [6.07, 6.45) is 1.36. The Bertz CT molecular complexity index is 294. The van der Waals surface area contributed by atoms with Gasteiger partial charge in [-0.2, -0.15) is 4.73 Å². The molecule has 0 amide bonds. The lowest BCUT2D eigenvalue weighted by atomic mass is 10.0. The molecule has 4 heteroatoms. The minimum Gasteiger partial charge on any atom is -0.618 e. The van der Waals surface area contributed by atoms with Crippen molar-refractivity contribution in [3.8, 4) is 0 Å². The molecule has 1 aromatic rings. The number of hydrogen-bond acceptors (Lipinski definition) is 2. The fraction of sp³-hybridized carbons (Fsp3) is 0.375. The molecular formula is C8H10BrNO2. The van der Waals surface area contributed by atoms with Crippen LogP contribution in [0.5, 0.6) is 0 Å². The summed E-state index contributed by atoms with van der Waals surface area (Å²) in [5.74, 6) is 0. The average molecular weight is 232 g/mol. The number of aliphatic hydroxyl groups is 1. The minimum atomic E-state index is -0.906. The van der Waals surface area contributed by atoms with Crippen molar-refractivity contribution >= 4 is 15.9 Å². The Morgan fingerprint density at radius 2 is 2.17 bits per heavy atom. The zero-order chi connectivity index (χ0) is 9.35. The molecule has 0 saturated carbocycles. The van der Waals surface area contributed by atoms with E-state index in [1.54, 1.807) is 26.0 Å². The van der Waals surface area contributed by atoms with Crippen LogP contribution in [0.15, 0.2) is 22.9 Å². The summed E-state index contributed by atoms with van der Waals surface area (Å²) in [5, 5.41) is 20.5. The molecule has 0 fully saturated rings. The molecule has 66 valence electrons. The standard InChI is InChI=1S/C8H10BrNO2/c1-8(2,11)6-3-4-10(12)7(9)5-6/h3-5,11H,1-2H3. The van der Waals surface area contributed by atoms with Crippen LogP contribution < -0.4 is 4.73 Å². The van der Waals surface area contributed by atoms with Crippen LogP contribution in [0.25, 0.3) is 0 Å². The third-order valence-corrected chi connectivity index (χ3v) is 2.16. The third kappa shape index (κ3) is 1.95. The quantitative estimate of drug-likeness (QED) is 0.450. The van der Waals surface area contributed by atoms with Crippen LogP contribution in [-0.4, -0.2) is 5.11 Å². The summed E-state index contributed by atoms with van der Waals surface area (Å²) in [5.41, 5.74) is -0.196. The number of hydrogen-bond donors (Lipinski definition) is 1. The Morgan fingerprint density at radius 3 is 2.58 bits per heavy atom. The topological polar surface area (TPSA) is 47.2 Å². The Morgan fingerprint density at radius 1 is 1.58 bits per heavy atom. The van der Waals surface area contributed by atoms with Gasteiger partial charge in [-0.05, 0) is 19.4 Å². The molecule has 0 radical (unpaired) electrons. The molecule has 1 aromatic heterocycles. The molecule has 1 N–H and O–H groups in total. The fourth-order valence-electron chi connectivity index (χ4n) is 0.840. The van der Waals surface area contributed by atoms with E-state index in [1.165, 1.54) is 6.20 Å². The van der Waals surface area contributed by atoms with Crippen molar-refractivity contribution < 1.29 is 9.84 Å². The Labute approximate surface area is 79.4 Å². The lowest BCUT2D eigenvalue weighted by Gasteiger charge is -2.16. The van der Waals surface area contributed by atoms with Crippen LogP contribution in [0, 0.1) is 5.21 Å². The third-order valence-electron chi connectivity index (χ3n) is 1.58. The zero-order valence-electron chi connectivity index (χ0n) is 6.91. The van der Waals surface area contributed by atoms with Crippen molar-refractivity contribution in [2.75, 3.05) is 0 Å². The molecule has 0 atom stereocenters. The smallest absolute Gasteiger partial charge is 0.259 e. The second kappa shape index (κ2) is 3.03. The van der Waals surface area contributed by atoms with E-state index in [2.05, 4.69) is 15.9 Å². The van der Waals surface area contributed by atoms with E-state index < -0.39 is 5.60 Å². The number of nitrogens with zero attached hydrogens (tertiary/aromatic N) is 1. The molecule has 0 bridgehead atoms. The molecule has 12 heavy (non-hydrogen) atoms. The highest BCUT2D eigenvalue weighted by molar-refractivity contribution is 9.10. The Kier molecular flexibility index (Phi) is 2.39. The normalized spacial score (nSPS) is 11.7. The number of aromatic nitrogens is 1. The van der Waals surface area contributed by atoms with Gasteiger partial charge in [-0.3, -0.25) is 0 Å². The van der Waals surface area contributed by atoms with Crippen molar-refractivity contribution in [1.29, 1.82) is 0 Å². The number of halogens is 1. The molecule has 0 aliphatic carbocycles. The van der Waals surface area contributed by atoms with Crippen LogP contribution >= 0.6 is 15.9 Å². The molecule has 0 aliphatic rings. The minimum absolute atomic E-state index is 0.405. The molecular weight excluding hydrogens is 222 g/mol. The van der Waals surface area contributed by atoms with E-state index in [4.69, 9.17) is 0 Å². The van der Waals surface area contributed by atoms with Gasteiger partial charge in [-0.1, -0.05) is 0 Å². The molecule has 1 heterocycles. The van der Waals surface area contributed by atoms with Gasteiger partial charge in [0.15, 0.2) is 6.20 Å². The van der Waals surface area contributed by atoms with E-state index in [0.717, 1.165) is 0 Å². The van der Waals surface area contributed by atoms with Gasteiger partial charge in [0.2, 0.25) is 0 Å². The summed E-state index contributed by atoms with van der Waals surface area (Å²) in [7, 11) is 0. The summed E-state index contributed by atoms with van der Waals surface area (Å²) in [6.45, 7) is 3.34. The highest BCUT2D eigenvalue weighted by atomic mass is 79.9. The Balaban J connectivity index is 3.14. The number of rotatable bonds is 1. The van der Waals surface area contributed by atoms with Crippen molar-refractivity contribution in [3.05, 3.63) is 33.7 Å². The summed E-state index contributed by atoms with van der Waals surface area (Å²) in [4.78, 5) is 0. The van der Waals surface area contributed by atoms with Gasteiger partial charge in [-0.15, -0.1) is 0 Å². The van der Waals surface area contributed by atoms with E-state index >= 15 is 0 Å². The van der Waals surface area contributed by atoms with Crippen LogP contribution in [0.4, 0.5) is 0 Å². The predicted octanol–water partition coefficient (Wildman–Crippen LogP) is 1.31. The monoisotopic (exact) mass is 231 g/mol. The maximum atomic E-state index is 10.9. The van der Waals surface area contributed by atoms with Gasteiger partial charge in [0, 0.05) is 28.1 Å². The molecule has 3 nitrogen and oxygen atoms in total. The molecule has 0 unspecified atom stereocenters. The molecule has 0 saturated heterocycles. The largest absolute Gasteiger partial charge is 0.618 e. The van der Waals surface area contributed by atoms with E-state index in [9.17, 15) is 10.3 Å². The van der Waals surface area contributed by atoms with Crippen LogP contribution in [0.2, 0.25) is 0 Å². The van der Waals surface area contributed by atoms with Gasteiger partial charge in [0.25, 0.3) is 4.60 Å². The first-order valence-corrected chi connectivity index (χ1v) is 4.32. The summed E-state index contributed by atoms with van der Waals surface area (Å²) in [6, 6.07) is 3.20. The number of pyridine rings is 1. The lowest BCUT2D eigenvalue weighted by Crippen LogP contribution is -2.28. The second-order valence-corrected chi connectivity index (χ2v) is 3.94. The van der Waals surface area contributed by atoms with E-state index in [-0.39, 0.29) is 0 Å². The van der Waals surface area contributed by atoms with Gasteiger partial charge in [0.1, 0.15) is 0 Å². The Hall–Kier alpha value is -0.610. The SMILES string of the molecule is CC(C)(O)c1cc[n+]([O-])c(Br)c1. The van der Waals surface area contributed by atoms with Crippen molar-refractivity contribution in [2.24, 2.45) is 0 Å². The summed E-state index contributed by atoms with van der Waals surface area (Å²) < 4.78 is 1.09. The maximum absolute atomic E-state index is 10.9. The highest BCUT2D eigenvalue weighted by Crippen LogP contribution is 2.20. The van der Waals surface area contributed by atoms with Gasteiger partial charge in [-0.25, -0.2) is 0 Å². The van der Waals surface area contributed by atoms with Crippen molar-refractivity contribution in [1.82, 2.24) is 0 Å². The first kappa shape index (κ1) is 9.48. The first-order chi connectivity index (χ1) is 5.41. The maximum Gasteiger partial charge on any atom is 0.259 e. The predicted molar refractivity (Wildman–Crippen MR) is 48.3 cm³/mol. The van der Waals surface area contributed by atoms with Crippen molar-refractivity contribution in [2.45, 2.75) is 19.4 Å². The van der Waals surface area contributed by atoms with E-state index in [1.807, 2.05) is 0 Å². The van der Waals surface area contributed by atoms with Crippen LogP contribution in [0.3, 0.4) is 0 Å². The van der Waals surface area contributed by atoms with E-state index in [0.29, 0.717) is 14.9 Å². The second-order valence-electron chi connectivity index (χ2n) is 3.12. The average Bonchev–Trinajstić information content (AvgIpc) is 1.92. The fourth-order valence-corrected chi connectivity index (χ4v) is 1.20. The molecule has 0 spiro atoms. The zero-order valence-corrected chi connectivity index (χ0v) is 8.50. The van der Waals surface area contributed by atoms with Gasteiger partial charge >= 0.3 is 0 Å². The van der Waals surface area contributed by atoms with Gasteiger partial charge < -0.3 is 10.3 Å². The van der Waals surface area contributed by atoms with Gasteiger partial charge in [0.05, 0.1) is 5.60 Å².